The molecule has 1 aromatic rings. The molecule has 0 radical (unpaired) electrons. The van der Waals surface area contributed by atoms with Crippen molar-refractivity contribution in [2.45, 2.75) is 4.90 Å². The third-order valence-corrected chi connectivity index (χ3v) is 2.30. The highest BCUT2D eigenvalue weighted by atomic mass is 32.2. The van der Waals surface area contributed by atoms with E-state index in [0.717, 1.165) is 12.1 Å². The lowest BCUT2D eigenvalue weighted by Gasteiger charge is -2.13. The zero-order valence-electron chi connectivity index (χ0n) is 11.6. The Hall–Kier alpha value is -3.10. The van der Waals surface area contributed by atoms with Gasteiger partial charge in [-0.1, -0.05) is 11.8 Å². The van der Waals surface area contributed by atoms with Crippen LogP contribution in [0.2, 0.25) is 0 Å². The van der Waals surface area contributed by atoms with Crippen LogP contribution >= 0.6 is 0 Å². The number of rotatable bonds is 2. The minimum atomic E-state index is -4.73. The first-order valence-electron chi connectivity index (χ1n) is 5.06. The van der Waals surface area contributed by atoms with Crippen molar-refractivity contribution < 1.29 is 44.3 Å². The highest BCUT2D eigenvalue weighted by molar-refractivity contribution is 7.85. The molecular weight excluding hydrogens is 336 g/mol. The van der Waals surface area contributed by atoms with Crippen LogP contribution in [0.4, 0.5) is 0 Å². The Morgan fingerprint density at radius 3 is 1.70 bits per heavy atom. The van der Waals surface area contributed by atoms with Crippen molar-refractivity contribution in [2.75, 3.05) is 0 Å². The van der Waals surface area contributed by atoms with Gasteiger partial charge < -0.3 is 20.2 Å². The van der Waals surface area contributed by atoms with Crippen molar-refractivity contribution in [3.63, 3.8) is 0 Å². The number of carboxylic acid groups (broad SMARTS) is 1. The van der Waals surface area contributed by atoms with Gasteiger partial charge in [-0.05, 0) is 12.1 Å². The van der Waals surface area contributed by atoms with Crippen molar-refractivity contribution >= 4 is 28.0 Å². The average molecular weight is 354 g/mol. The lowest BCUT2D eigenvalue weighted by molar-refractivity contribution is -0.268. The van der Waals surface area contributed by atoms with E-state index in [1.807, 2.05) is 0 Å². The predicted molar refractivity (Wildman–Crippen MR) is 75.0 cm³/mol. The van der Waals surface area contributed by atoms with E-state index >= 15 is 0 Å². The van der Waals surface area contributed by atoms with Crippen LogP contribution in [0.25, 0.3) is 0 Å². The molecule has 0 aromatic heterocycles. The molecule has 0 saturated heterocycles. The van der Waals surface area contributed by atoms with Gasteiger partial charge in [0.25, 0.3) is 0 Å². The summed E-state index contributed by atoms with van der Waals surface area (Å²) in [6.07, 6.45) is 0. The van der Waals surface area contributed by atoms with Gasteiger partial charge in [-0.25, -0.2) is 13.2 Å². The van der Waals surface area contributed by atoms with Crippen molar-refractivity contribution in [1.29, 1.82) is 0 Å². The van der Waals surface area contributed by atoms with Crippen LogP contribution in [-0.4, -0.2) is 41.4 Å². The summed E-state index contributed by atoms with van der Waals surface area (Å²) < 4.78 is 31.4. The van der Waals surface area contributed by atoms with Crippen LogP contribution in [-0.2, 0) is 10.1 Å². The Balaban J connectivity index is -0.000000374. The van der Waals surface area contributed by atoms with Crippen molar-refractivity contribution in [3.05, 3.63) is 23.8 Å². The van der Waals surface area contributed by atoms with E-state index in [-0.39, 0.29) is 17.4 Å². The van der Waals surface area contributed by atoms with Gasteiger partial charge in [-0.3, -0.25) is 33.8 Å². The highest BCUT2D eigenvalue weighted by Gasteiger charge is 2.08. The second-order valence-corrected chi connectivity index (χ2v) is 4.80. The summed E-state index contributed by atoms with van der Waals surface area (Å²) in [5, 5.41) is 28.5. The SMILES string of the molecule is NC(N)=[NH2+].NC(N)=[NH2+].O.O=C(O)c1cc(S(=O)(=O)[O-])ccc1[O-]. The van der Waals surface area contributed by atoms with Gasteiger partial charge in [-0.2, -0.15) is 0 Å². The Morgan fingerprint density at radius 2 is 1.43 bits per heavy atom. The quantitative estimate of drug-likeness (QED) is 0.149. The van der Waals surface area contributed by atoms with E-state index in [2.05, 4.69) is 33.8 Å². The van der Waals surface area contributed by atoms with Gasteiger partial charge in [0.15, 0.2) is 0 Å². The van der Waals surface area contributed by atoms with Crippen molar-refractivity contribution in [2.24, 2.45) is 22.9 Å². The number of hydrogen-bond donors (Lipinski definition) is 7. The molecule has 15 N–H and O–H groups in total. The first-order valence-corrected chi connectivity index (χ1v) is 6.46. The molecule has 0 bridgehead atoms. The molecule has 0 aliphatic rings. The van der Waals surface area contributed by atoms with Gasteiger partial charge in [-0.15, -0.1) is 0 Å². The third kappa shape index (κ3) is 13.6. The fourth-order valence-electron chi connectivity index (χ4n) is 0.832. The first-order chi connectivity index (χ1) is 9.78. The number of carboxylic acids is 1. The summed E-state index contributed by atoms with van der Waals surface area (Å²) in [5.41, 5.74) is 17.6. The number of benzene rings is 1. The lowest BCUT2D eigenvalue weighted by atomic mass is 10.2. The summed E-state index contributed by atoms with van der Waals surface area (Å²) in [5.74, 6) is -2.58. The number of guanidine groups is 2. The molecule has 1 rings (SSSR count). The summed E-state index contributed by atoms with van der Waals surface area (Å²) in [7, 11) is -4.73. The Labute approximate surface area is 130 Å². The Kier molecular flexibility index (Phi) is 11.5. The van der Waals surface area contributed by atoms with Gasteiger partial charge >= 0.3 is 17.9 Å². The maximum atomic E-state index is 10.9. The predicted octanol–water partition coefficient (Wildman–Crippen LogP) is -7.42. The Bertz CT molecular complexity index is 640. The van der Waals surface area contributed by atoms with E-state index in [1.165, 1.54) is 0 Å². The highest BCUT2D eigenvalue weighted by Crippen LogP contribution is 2.18. The van der Waals surface area contributed by atoms with E-state index in [9.17, 15) is 22.9 Å². The molecule has 23 heavy (non-hydrogen) atoms. The molecule has 0 atom stereocenters. The second kappa shape index (κ2) is 10.6. The number of nitrogens with two attached hydrogens (primary N) is 6. The molecule has 132 valence electrons. The van der Waals surface area contributed by atoms with Gasteiger partial charge in [0.1, 0.15) is 10.1 Å². The van der Waals surface area contributed by atoms with Crippen molar-refractivity contribution in [1.82, 2.24) is 0 Å². The van der Waals surface area contributed by atoms with E-state index in [1.54, 1.807) is 0 Å². The van der Waals surface area contributed by atoms with E-state index < -0.39 is 32.3 Å². The lowest BCUT2D eigenvalue weighted by Crippen LogP contribution is -2.51. The topological polar surface area (TPSA) is 304 Å². The smallest absolute Gasteiger partial charge is 0.336 e. The van der Waals surface area contributed by atoms with Gasteiger partial charge in [0.2, 0.25) is 0 Å². The van der Waals surface area contributed by atoms with Gasteiger partial charge in [0.05, 0.1) is 10.5 Å². The Morgan fingerprint density at radius 1 is 1.09 bits per heavy atom. The number of carbonyl (C=O) groups is 1. The molecular formula is C9H18N6O7S. The van der Waals surface area contributed by atoms with Crippen LogP contribution in [0.1, 0.15) is 10.4 Å². The summed E-state index contributed by atoms with van der Waals surface area (Å²) >= 11 is 0. The molecule has 0 fully saturated rings. The molecule has 0 aliphatic carbocycles. The van der Waals surface area contributed by atoms with Crippen LogP contribution in [0.15, 0.2) is 23.1 Å². The first kappa shape index (κ1) is 24.9. The van der Waals surface area contributed by atoms with Gasteiger partial charge in [0, 0.05) is 0 Å². The van der Waals surface area contributed by atoms with E-state index in [0.29, 0.717) is 6.07 Å². The second-order valence-electron chi connectivity index (χ2n) is 3.42. The fourth-order valence-corrected chi connectivity index (χ4v) is 1.33. The van der Waals surface area contributed by atoms with Crippen LogP contribution in [0, 0.1) is 0 Å². The number of aromatic carboxylic acids is 1. The number of hydrogen-bond acceptors (Lipinski definition) is 5. The molecule has 0 aliphatic heterocycles. The van der Waals surface area contributed by atoms with Crippen molar-refractivity contribution in [3.8, 4) is 5.75 Å². The molecule has 0 unspecified atom stereocenters. The molecule has 1 aromatic carbocycles. The zero-order chi connectivity index (χ0) is 18.1. The minimum Gasteiger partial charge on any atom is -0.872 e. The minimum absolute atomic E-state index is 0. The molecule has 0 heterocycles. The zero-order valence-corrected chi connectivity index (χ0v) is 12.4. The standard InChI is InChI=1S/C7H6O6S.2CH5N3.H2O/c8-6-2-1-4(14(11,12)13)3-5(6)7(9)10;2*2-1(3)4;/h1-3,8H,(H,9,10)(H,11,12,13);2*(H5,2,3,4);1H2. The molecule has 14 heteroatoms. The molecule has 0 spiro atoms. The maximum Gasteiger partial charge on any atom is 0.336 e. The largest absolute Gasteiger partial charge is 0.872 e. The molecule has 0 saturated carbocycles. The summed E-state index contributed by atoms with van der Waals surface area (Å²) in [6.45, 7) is 0. The van der Waals surface area contributed by atoms with Crippen LogP contribution in [0.3, 0.4) is 0 Å². The summed E-state index contributed by atoms with van der Waals surface area (Å²) in [4.78, 5) is 9.68. The maximum absolute atomic E-state index is 10.9. The van der Waals surface area contributed by atoms with Crippen LogP contribution in [0.5, 0.6) is 5.75 Å². The third-order valence-electron chi connectivity index (χ3n) is 1.47. The summed E-state index contributed by atoms with van der Waals surface area (Å²) in [6, 6.07) is 2.05. The van der Waals surface area contributed by atoms with Crippen LogP contribution < -0.4 is 38.9 Å². The fraction of sp³-hybridized carbons (Fsp3) is 0. The monoisotopic (exact) mass is 354 g/mol. The average Bonchev–Trinajstić information content (AvgIpc) is 2.25. The van der Waals surface area contributed by atoms with E-state index in [4.69, 9.17) is 5.11 Å². The normalized spacial score (nSPS) is 8.91. The molecule has 13 nitrogen and oxygen atoms in total. The molecule has 0 amide bonds.